The van der Waals surface area contributed by atoms with Crippen LogP contribution in [-0.2, 0) is 0 Å². The van der Waals surface area contributed by atoms with E-state index < -0.39 is 0 Å². The van der Waals surface area contributed by atoms with E-state index in [1.54, 1.807) is 0 Å². The highest BCUT2D eigenvalue weighted by Gasteiger charge is 2.22. The topological polar surface area (TPSA) is 74.2 Å². The Morgan fingerprint density at radius 3 is 1.94 bits per heavy atom. The Kier molecular flexibility index (Phi) is 5.72. The molecule has 2 N–H and O–H groups in total. The Morgan fingerprint density at radius 1 is 0.529 bits per heavy atom. The van der Waals surface area contributed by atoms with Gasteiger partial charge in [0.05, 0.1) is 38.8 Å². The Hall–Kier alpha value is -7.05. The van der Waals surface area contributed by atoms with Crippen molar-refractivity contribution in [3.8, 4) is 16.9 Å². The maximum absolute atomic E-state index is 8.99. The molecule has 0 saturated carbocycles. The average Bonchev–Trinajstić information content (AvgIpc) is 3.66. The predicted octanol–water partition coefficient (Wildman–Crippen LogP) is 10.4. The summed E-state index contributed by atoms with van der Waals surface area (Å²) in [6.45, 7) is 0. The third-order valence-electron chi connectivity index (χ3n) is 10.3. The number of para-hydroxylation sites is 3. The van der Waals surface area contributed by atoms with Crippen LogP contribution >= 0.6 is 0 Å². The van der Waals surface area contributed by atoms with Crippen molar-refractivity contribution in [2.24, 2.45) is 4.99 Å². The summed E-state index contributed by atoms with van der Waals surface area (Å²) >= 11 is 0. The van der Waals surface area contributed by atoms with E-state index in [0.717, 1.165) is 38.9 Å². The highest BCUT2D eigenvalue weighted by molar-refractivity contribution is 6.33. The molecule has 0 aliphatic heterocycles. The van der Waals surface area contributed by atoms with Gasteiger partial charge in [0, 0.05) is 49.1 Å². The van der Waals surface area contributed by atoms with Crippen molar-refractivity contribution in [1.82, 2.24) is 18.9 Å². The summed E-state index contributed by atoms with van der Waals surface area (Å²) in [5, 5.41) is 17.5. The van der Waals surface area contributed by atoms with Crippen LogP contribution in [0.25, 0.3) is 87.7 Å². The number of hydrogen-bond acceptors (Lipinski definition) is 2. The van der Waals surface area contributed by atoms with Crippen molar-refractivity contribution in [3.63, 3.8) is 0 Å². The Bertz CT molecular complexity index is 3250. The van der Waals surface area contributed by atoms with E-state index in [9.17, 15) is 0 Å². The summed E-state index contributed by atoms with van der Waals surface area (Å²) in [5.74, 6) is 0.140. The Balaban J connectivity index is 1.10. The Labute approximate surface area is 291 Å². The van der Waals surface area contributed by atoms with Gasteiger partial charge in [0.15, 0.2) is 5.84 Å². The van der Waals surface area contributed by atoms with Gasteiger partial charge in [-0.15, -0.1) is 0 Å². The second-order valence-electron chi connectivity index (χ2n) is 13.1. The summed E-state index contributed by atoms with van der Waals surface area (Å²) < 4.78 is 4.82. The third-order valence-corrected chi connectivity index (χ3v) is 10.3. The first kappa shape index (κ1) is 27.9. The number of H-pyrrole nitrogens is 1. The highest BCUT2D eigenvalue weighted by atomic mass is 15.0. The van der Waals surface area contributed by atoms with Crippen molar-refractivity contribution < 1.29 is 0 Å². The van der Waals surface area contributed by atoms with E-state index in [4.69, 9.17) is 10.4 Å². The first-order chi connectivity index (χ1) is 25.2. The molecule has 6 heteroatoms. The maximum Gasteiger partial charge on any atom is 0.229 e. The molecule has 0 atom stereocenters. The van der Waals surface area contributed by atoms with Crippen LogP contribution in [-0.4, -0.2) is 24.8 Å². The molecular formula is C45H28N6. The molecule has 0 saturated heterocycles. The molecule has 0 aliphatic carbocycles. The lowest BCUT2D eigenvalue weighted by atomic mass is 10.0. The van der Waals surface area contributed by atoms with E-state index in [1.807, 2.05) is 60.7 Å². The van der Waals surface area contributed by atoms with Gasteiger partial charge in [0.2, 0.25) is 5.62 Å². The summed E-state index contributed by atoms with van der Waals surface area (Å²) in [7, 11) is 0. The molecule has 0 bridgehead atoms. The molecule has 4 heterocycles. The van der Waals surface area contributed by atoms with Crippen LogP contribution in [0.2, 0.25) is 0 Å². The Morgan fingerprint density at radius 2 is 1.16 bits per heavy atom. The molecule has 11 rings (SSSR count). The van der Waals surface area contributed by atoms with Gasteiger partial charge in [0.25, 0.3) is 0 Å². The van der Waals surface area contributed by atoms with Crippen LogP contribution in [0.1, 0.15) is 5.56 Å². The zero-order valence-corrected chi connectivity index (χ0v) is 27.3. The van der Waals surface area contributed by atoms with Gasteiger partial charge in [-0.3, -0.25) is 5.41 Å². The van der Waals surface area contributed by atoms with Gasteiger partial charge in [0.1, 0.15) is 0 Å². The molecule has 4 aromatic heterocycles. The minimum atomic E-state index is 0.140. The molecule has 0 amide bonds. The monoisotopic (exact) mass is 652 g/mol. The molecule has 238 valence electrons. The lowest BCUT2D eigenvalue weighted by Gasteiger charge is -2.10. The second kappa shape index (κ2) is 10.5. The molecule has 0 unspecified atom stereocenters. The highest BCUT2D eigenvalue weighted by Crippen LogP contribution is 2.45. The quantitative estimate of drug-likeness (QED) is 0.145. The van der Waals surface area contributed by atoms with Crippen LogP contribution in [0.15, 0.2) is 163 Å². The minimum absolute atomic E-state index is 0.140. The normalized spacial score (nSPS) is 12.5. The predicted molar refractivity (Wildman–Crippen MR) is 209 cm³/mol. The fourth-order valence-corrected chi connectivity index (χ4v) is 8.17. The van der Waals surface area contributed by atoms with Crippen LogP contribution in [0.3, 0.4) is 0 Å². The zero-order valence-electron chi connectivity index (χ0n) is 27.3. The first-order valence-electron chi connectivity index (χ1n) is 17.1. The van der Waals surface area contributed by atoms with E-state index in [2.05, 4.69) is 116 Å². The molecule has 7 aromatic carbocycles. The van der Waals surface area contributed by atoms with Crippen molar-refractivity contribution in [3.05, 3.63) is 169 Å². The standard InChI is InChI=1S/C45H28N6/c46-44(49-45-47-35-17-7-4-15-34(35)42(48-45)27-11-2-1-3-12-27)28-21-23-29(24-22-28)50-38-20-10-16-32-30-13-5-8-18-36(30)51-37-19-9-6-14-31(37)33-25-26-39(50)41(40(32)38)43(33)51/h1-26H,(H2,46,47,48,49). The number of aromatic amines is 1. The number of aromatic nitrogens is 4. The van der Waals surface area contributed by atoms with Crippen LogP contribution in [0.5, 0.6) is 0 Å². The van der Waals surface area contributed by atoms with Gasteiger partial charge in [-0.1, -0.05) is 103 Å². The molecule has 0 fully saturated rings. The maximum atomic E-state index is 8.99. The second-order valence-corrected chi connectivity index (χ2v) is 13.1. The SMILES string of the molecule is N=C(N=c1nc(-c2ccccc2)c2ccccc2[nH]1)c1ccc(-n2c3cccc4c5ccccc5n5c6ccccc6c6ccc2c(c43)c65)cc1. The van der Waals surface area contributed by atoms with Crippen LogP contribution in [0.4, 0.5) is 0 Å². The summed E-state index contributed by atoms with van der Waals surface area (Å²) in [4.78, 5) is 12.9. The van der Waals surface area contributed by atoms with Crippen molar-refractivity contribution in [2.45, 2.75) is 0 Å². The van der Waals surface area contributed by atoms with E-state index in [-0.39, 0.29) is 5.84 Å². The van der Waals surface area contributed by atoms with Gasteiger partial charge < -0.3 is 14.0 Å². The first-order valence-corrected chi connectivity index (χ1v) is 17.1. The van der Waals surface area contributed by atoms with E-state index in [1.165, 1.54) is 48.9 Å². The number of nitrogens with zero attached hydrogens (tertiary/aromatic N) is 4. The largest absolute Gasteiger partial charge is 0.323 e. The van der Waals surface area contributed by atoms with Crippen LogP contribution in [0, 0.1) is 5.41 Å². The molecular weight excluding hydrogens is 625 g/mol. The molecule has 0 radical (unpaired) electrons. The van der Waals surface area contributed by atoms with Crippen molar-refractivity contribution in [1.29, 1.82) is 5.41 Å². The fourth-order valence-electron chi connectivity index (χ4n) is 8.17. The number of nitrogens with one attached hydrogen (secondary N) is 2. The fraction of sp³-hybridized carbons (Fsp3) is 0. The molecule has 0 aliphatic rings. The number of rotatable bonds is 3. The van der Waals surface area contributed by atoms with E-state index in [0.29, 0.717) is 11.2 Å². The van der Waals surface area contributed by atoms with Gasteiger partial charge in [-0.25, -0.2) is 4.98 Å². The summed E-state index contributed by atoms with van der Waals surface area (Å²) in [6, 6.07) is 55.0. The molecule has 6 nitrogen and oxygen atoms in total. The van der Waals surface area contributed by atoms with Gasteiger partial charge in [-0.05, 0) is 60.0 Å². The zero-order chi connectivity index (χ0) is 33.6. The number of amidine groups is 1. The van der Waals surface area contributed by atoms with Crippen LogP contribution < -0.4 is 5.62 Å². The third kappa shape index (κ3) is 3.95. The van der Waals surface area contributed by atoms with E-state index >= 15 is 0 Å². The lowest BCUT2D eigenvalue weighted by Crippen LogP contribution is -2.17. The smallest absolute Gasteiger partial charge is 0.229 e. The molecule has 0 spiro atoms. The average molecular weight is 653 g/mol. The van der Waals surface area contributed by atoms with Crippen molar-refractivity contribution in [2.75, 3.05) is 0 Å². The summed E-state index contributed by atoms with van der Waals surface area (Å²) in [5.41, 5.74) is 10.8. The van der Waals surface area contributed by atoms with Crippen molar-refractivity contribution >= 4 is 76.6 Å². The lowest BCUT2D eigenvalue weighted by molar-refractivity contribution is 1.05. The molecule has 51 heavy (non-hydrogen) atoms. The molecule has 11 aromatic rings. The number of benzene rings is 7. The van der Waals surface area contributed by atoms with Gasteiger partial charge in [-0.2, -0.15) is 4.99 Å². The minimum Gasteiger partial charge on any atom is -0.323 e. The number of hydrogen-bond donors (Lipinski definition) is 2. The summed E-state index contributed by atoms with van der Waals surface area (Å²) in [6.07, 6.45) is 0. The van der Waals surface area contributed by atoms with Gasteiger partial charge >= 0.3 is 0 Å². The number of fused-ring (bicyclic) bond motifs is 7.